The fraction of sp³-hybridized carbons (Fsp3) is 0.238. The third kappa shape index (κ3) is 4.82. The number of anilines is 3. The van der Waals surface area contributed by atoms with E-state index in [1.54, 1.807) is 7.11 Å². The smallest absolute Gasteiger partial charge is 0.231 e. The van der Waals surface area contributed by atoms with E-state index in [0.717, 1.165) is 33.5 Å². The second-order valence-electron chi connectivity index (χ2n) is 6.94. The topological polar surface area (TPSA) is 63.2 Å². The quantitative estimate of drug-likeness (QED) is 0.481. The summed E-state index contributed by atoms with van der Waals surface area (Å²) in [7, 11) is 1.64. The number of carbonyl (C=O) groups excluding carboxylic acids is 1. The van der Waals surface area contributed by atoms with Gasteiger partial charge < -0.3 is 15.4 Å². The number of hydrogen-bond acceptors (Lipinski definition) is 5. The van der Waals surface area contributed by atoms with Crippen LogP contribution < -0.4 is 15.4 Å². The average Bonchev–Trinajstić information content (AvgIpc) is 3.17. The van der Waals surface area contributed by atoms with E-state index in [9.17, 15) is 4.79 Å². The molecule has 7 heteroatoms. The van der Waals surface area contributed by atoms with Crippen LogP contribution in [0.1, 0.15) is 13.8 Å². The highest BCUT2D eigenvalue weighted by Crippen LogP contribution is 2.29. The van der Waals surface area contributed by atoms with Crippen molar-refractivity contribution in [2.24, 2.45) is 5.41 Å². The predicted octanol–water partition coefficient (Wildman–Crippen LogP) is 5.77. The van der Waals surface area contributed by atoms with Crippen molar-refractivity contribution in [1.82, 2.24) is 4.98 Å². The zero-order valence-corrected chi connectivity index (χ0v) is 17.5. The fourth-order valence-electron chi connectivity index (χ4n) is 2.38. The molecule has 1 heterocycles. The maximum Gasteiger partial charge on any atom is 0.231 e. The molecule has 5 nitrogen and oxygen atoms in total. The van der Waals surface area contributed by atoms with E-state index in [0.29, 0.717) is 0 Å². The Morgan fingerprint density at radius 1 is 1.18 bits per heavy atom. The number of amides is 1. The molecule has 0 aliphatic carbocycles. The van der Waals surface area contributed by atoms with E-state index in [1.165, 1.54) is 11.3 Å². The normalized spacial score (nSPS) is 11.1. The second-order valence-corrected chi connectivity index (χ2v) is 8.07. The maximum absolute atomic E-state index is 12.3. The van der Waals surface area contributed by atoms with Gasteiger partial charge in [-0.15, -0.1) is 22.9 Å². The van der Waals surface area contributed by atoms with E-state index in [2.05, 4.69) is 15.6 Å². The first-order valence-corrected chi connectivity index (χ1v) is 10.2. The summed E-state index contributed by atoms with van der Waals surface area (Å²) in [6.07, 6.45) is 0. The van der Waals surface area contributed by atoms with Gasteiger partial charge in [-0.05, 0) is 50.2 Å². The molecule has 0 saturated carbocycles. The molecule has 1 aromatic heterocycles. The van der Waals surface area contributed by atoms with Gasteiger partial charge in [0.1, 0.15) is 5.75 Å². The van der Waals surface area contributed by atoms with Crippen LogP contribution in [0.4, 0.5) is 16.5 Å². The molecule has 0 fully saturated rings. The largest absolute Gasteiger partial charge is 0.497 e. The van der Waals surface area contributed by atoms with Crippen LogP contribution in [0.25, 0.3) is 11.3 Å². The number of ether oxygens (including phenoxy) is 1. The third-order valence-electron chi connectivity index (χ3n) is 4.21. The Bertz CT molecular complexity index is 954. The van der Waals surface area contributed by atoms with Crippen LogP contribution in [0.2, 0.25) is 0 Å². The van der Waals surface area contributed by atoms with Gasteiger partial charge in [0.05, 0.1) is 18.2 Å². The molecule has 146 valence electrons. The lowest BCUT2D eigenvalue weighted by Crippen LogP contribution is -2.32. The SMILES string of the molecule is COc1ccc(Nc2nc(-c3cccc(NC(=O)C(C)(C)CCl)c3)cs2)cc1. The first kappa shape index (κ1) is 20.2. The van der Waals surface area contributed by atoms with Gasteiger partial charge in [-0.1, -0.05) is 12.1 Å². The molecular weight excluding hydrogens is 394 g/mol. The number of carbonyl (C=O) groups is 1. The average molecular weight is 416 g/mol. The number of nitrogens with zero attached hydrogens (tertiary/aromatic N) is 1. The van der Waals surface area contributed by atoms with E-state index >= 15 is 0 Å². The van der Waals surface area contributed by atoms with Gasteiger partial charge in [-0.2, -0.15) is 0 Å². The summed E-state index contributed by atoms with van der Waals surface area (Å²) < 4.78 is 5.17. The van der Waals surface area contributed by atoms with E-state index < -0.39 is 5.41 Å². The molecule has 0 aliphatic rings. The molecular formula is C21H22ClN3O2S. The van der Waals surface area contributed by atoms with Crippen molar-refractivity contribution in [1.29, 1.82) is 0 Å². The van der Waals surface area contributed by atoms with Gasteiger partial charge in [0.25, 0.3) is 0 Å². The van der Waals surface area contributed by atoms with Crippen LogP contribution in [-0.2, 0) is 4.79 Å². The van der Waals surface area contributed by atoms with Crippen molar-refractivity contribution in [2.45, 2.75) is 13.8 Å². The van der Waals surface area contributed by atoms with Crippen molar-refractivity contribution in [3.05, 3.63) is 53.9 Å². The van der Waals surface area contributed by atoms with Crippen molar-refractivity contribution in [3.63, 3.8) is 0 Å². The molecule has 3 aromatic rings. The molecule has 0 saturated heterocycles. The van der Waals surface area contributed by atoms with Gasteiger partial charge in [0.15, 0.2) is 5.13 Å². The van der Waals surface area contributed by atoms with E-state index in [1.807, 2.05) is 67.8 Å². The third-order valence-corrected chi connectivity index (χ3v) is 5.64. The molecule has 2 N–H and O–H groups in total. The Hall–Kier alpha value is -2.57. The number of hydrogen-bond donors (Lipinski definition) is 2. The zero-order valence-electron chi connectivity index (χ0n) is 16.0. The maximum atomic E-state index is 12.3. The number of halogens is 1. The molecule has 0 bridgehead atoms. The highest BCUT2D eigenvalue weighted by Gasteiger charge is 2.26. The van der Waals surface area contributed by atoms with Crippen LogP contribution >= 0.6 is 22.9 Å². The molecule has 2 aromatic carbocycles. The lowest BCUT2D eigenvalue weighted by molar-refractivity contribution is -0.122. The van der Waals surface area contributed by atoms with Crippen molar-refractivity contribution >= 4 is 45.4 Å². The monoisotopic (exact) mass is 415 g/mol. The molecule has 0 atom stereocenters. The summed E-state index contributed by atoms with van der Waals surface area (Å²) in [5.41, 5.74) is 2.80. The molecule has 0 aliphatic heterocycles. The van der Waals surface area contributed by atoms with E-state index in [-0.39, 0.29) is 11.8 Å². The van der Waals surface area contributed by atoms with Crippen molar-refractivity contribution < 1.29 is 9.53 Å². The minimum absolute atomic E-state index is 0.111. The Morgan fingerprint density at radius 2 is 1.93 bits per heavy atom. The van der Waals surface area contributed by atoms with Crippen molar-refractivity contribution in [3.8, 4) is 17.0 Å². The summed E-state index contributed by atoms with van der Waals surface area (Å²) in [5.74, 6) is 0.951. The fourth-order valence-corrected chi connectivity index (χ4v) is 3.24. The summed E-state index contributed by atoms with van der Waals surface area (Å²) in [6, 6.07) is 15.3. The Labute approximate surface area is 173 Å². The molecule has 0 radical (unpaired) electrons. The second kappa shape index (κ2) is 8.63. The highest BCUT2D eigenvalue weighted by atomic mass is 35.5. The van der Waals surface area contributed by atoms with Gasteiger partial charge in [0.2, 0.25) is 5.91 Å². The summed E-state index contributed by atoms with van der Waals surface area (Å²) in [4.78, 5) is 17.0. The predicted molar refractivity (Wildman–Crippen MR) is 117 cm³/mol. The van der Waals surface area contributed by atoms with Gasteiger partial charge >= 0.3 is 0 Å². The first-order chi connectivity index (χ1) is 13.4. The highest BCUT2D eigenvalue weighted by molar-refractivity contribution is 7.14. The van der Waals surface area contributed by atoms with Crippen LogP contribution in [0.3, 0.4) is 0 Å². The summed E-state index contributed by atoms with van der Waals surface area (Å²) in [5, 5.41) is 8.98. The van der Waals surface area contributed by atoms with Crippen LogP contribution in [0.5, 0.6) is 5.75 Å². The Kier molecular flexibility index (Phi) is 6.21. The lowest BCUT2D eigenvalue weighted by atomic mass is 9.95. The van der Waals surface area contributed by atoms with Crippen molar-refractivity contribution in [2.75, 3.05) is 23.6 Å². The van der Waals surface area contributed by atoms with Crippen LogP contribution in [0.15, 0.2) is 53.9 Å². The number of methoxy groups -OCH3 is 1. The van der Waals surface area contributed by atoms with Crippen LogP contribution in [0, 0.1) is 5.41 Å². The molecule has 0 spiro atoms. The number of alkyl halides is 1. The molecule has 0 unspecified atom stereocenters. The Balaban J connectivity index is 1.73. The van der Waals surface area contributed by atoms with Gasteiger partial charge in [-0.3, -0.25) is 4.79 Å². The number of aromatic nitrogens is 1. The molecule has 1 amide bonds. The van der Waals surface area contributed by atoms with Gasteiger partial charge in [0, 0.05) is 28.2 Å². The summed E-state index contributed by atoms with van der Waals surface area (Å²) >= 11 is 7.40. The number of nitrogens with one attached hydrogen (secondary N) is 2. The molecule has 28 heavy (non-hydrogen) atoms. The first-order valence-electron chi connectivity index (χ1n) is 8.76. The number of thiazole rings is 1. The summed E-state index contributed by atoms with van der Waals surface area (Å²) in [6.45, 7) is 3.63. The molecule has 3 rings (SSSR count). The van der Waals surface area contributed by atoms with E-state index in [4.69, 9.17) is 16.3 Å². The van der Waals surface area contributed by atoms with Gasteiger partial charge in [-0.25, -0.2) is 4.98 Å². The minimum atomic E-state index is -0.631. The zero-order chi connectivity index (χ0) is 20.1. The lowest BCUT2D eigenvalue weighted by Gasteiger charge is -2.20. The number of rotatable bonds is 7. The van der Waals surface area contributed by atoms with Crippen LogP contribution in [-0.4, -0.2) is 23.9 Å². The minimum Gasteiger partial charge on any atom is -0.497 e. The standard InChI is InChI=1S/C21H22ClN3O2S/c1-21(2,13-22)19(26)23-16-6-4-5-14(11-16)18-12-28-20(25-18)24-15-7-9-17(27-3)10-8-15/h4-12H,13H2,1-3H3,(H,23,26)(H,24,25). The Morgan fingerprint density at radius 3 is 2.61 bits per heavy atom. The number of benzene rings is 2.